The lowest BCUT2D eigenvalue weighted by Crippen LogP contribution is -2.33. The van der Waals surface area contributed by atoms with Gasteiger partial charge in [-0.1, -0.05) is 26.7 Å². The van der Waals surface area contributed by atoms with Gasteiger partial charge in [0.25, 0.3) is 5.91 Å². The Morgan fingerprint density at radius 3 is 2.22 bits per heavy atom. The highest BCUT2D eigenvalue weighted by atomic mass is 16.2. The molecule has 0 aliphatic heterocycles. The number of carbonyl (C=O) groups excluding carboxylic acids is 1. The number of H-pyrrole nitrogens is 1. The maximum atomic E-state index is 12.3. The number of unbranched alkanes of at least 4 members (excludes halogenated alkanes) is 2. The molecule has 1 amide bonds. The van der Waals surface area contributed by atoms with Crippen LogP contribution < -0.4 is 5.56 Å². The molecule has 0 saturated heterocycles. The molecule has 4 nitrogen and oxygen atoms in total. The third-order valence-electron chi connectivity index (χ3n) is 2.88. The number of rotatable bonds is 7. The first-order valence-corrected chi connectivity index (χ1v) is 6.67. The molecule has 100 valence electrons. The number of nitrogens with zero attached hydrogens (tertiary/aromatic N) is 1. The van der Waals surface area contributed by atoms with Gasteiger partial charge in [-0.25, -0.2) is 0 Å². The second-order valence-corrected chi connectivity index (χ2v) is 4.44. The van der Waals surface area contributed by atoms with Gasteiger partial charge in [-0.15, -0.1) is 0 Å². The van der Waals surface area contributed by atoms with Gasteiger partial charge in [-0.2, -0.15) is 0 Å². The van der Waals surface area contributed by atoms with Crippen molar-refractivity contribution in [1.82, 2.24) is 9.88 Å². The van der Waals surface area contributed by atoms with Crippen molar-refractivity contribution in [1.29, 1.82) is 0 Å². The van der Waals surface area contributed by atoms with E-state index in [0.29, 0.717) is 5.56 Å². The maximum absolute atomic E-state index is 12.3. The molecule has 0 aromatic carbocycles. The van der Waals surface area contributed by atoms with Crippen LogP contribution in [0.3, 0.4) is 0 Å². The average Bonchev–Trinajstić information content (AvgIpc) is 2.39. The highest BCUT2D eigenvalue weighted by molar-refractivity contribution is 5.93. The van der Waals surface area contributed by atoms with Crippen LogP contribution in [-0.4, -0.2) is 28.9 Å². The maximum Gasteiger partial charge on any atom is 0.255 e. The van der Waals surface area contributed by atoms with E-state index in [1.54, 1.807) is 6.07 Å². The third kappa shape index (κ3) is 4.35. The summed E-state index contributed by atoms with van der Waals surface area (Å²) < 4.78 is 0. The Bertz CT molecular complexity index is 398. The topological polar surface area (TPSA) is 53.2 Å². The number of carbonyl (C=O) groups is 1. The minimum absolute atomic E-state index is 0.00755. The number of pyridine rings is 1. The van der Waals surface area contributed by atoms with Gasteiger partial charge in [-0.3, -0.25) is 9.59 Å². The van der Waals surface area contributed by atoms with Crippen molar-refractivity contribution in [2.45, 2.75) is 39.5 Å². The minimum atomic E-state index is -0.180. The molecular formula is C14H22N2O2. The number of amides is 1. The van der Waals surface area contributed by atoms with Crippen LogP contribution in [0.15, 0.2) is 23.1 Å². The molecule has 1 rings (SSSR count). The molecule has 0 unspecified atom stereocenters. The molecule has 1 N–H and O–H groups in total. The Balaban J connectivity index is 2.73. The summed E-state index contributed by atoms with van der Waals surface area (Å²) >= 11 is 0. The van der Waals surface area contributed by atoms with Crippen LogP contribution in [0.2, 0.25) is 0 Å². The van der Waals surface area contributed by atoms with Crippen LogP contribution in [0, 0.1) is 0 Å². The van der Waals surface area contributed by atoms with E-state index < -0.39 is 0 Å². The number of hydrogen-bond acceptors (Lipinski definition) is 2. The molecular weight excluding hydrogens is 228 g/mol. The van der Waals surface area contributed by atoms with Crippen LogP contribution in [-0.2, 0) is 0 Å². The molecule has 4 heteroatoms. The Morgan fingerprint density at radius 1 is 1.17 bits per heavy atom. The van der Waals surface area contributed by atoms with Crippen LogP contribution in [0.1, 0.15) is 49.9 Å². The zero-order chi connectivity index (χ0) is 13.4. The summed E-state index contributed by atoms with van der Waals surface area (Å²) in [6, 6.07) is 2.98. The zero-order valence-electron chi connectivity index (χ0n) is 11.2. The van der Waals surface area contributed by atoms with Crippen LogP contribution in [0.5, 0.6) is 0 Å². The molecule has 0 bridgehead atoms. The van der Waals surface area contributed by atoms with Crippen LogP contribution in [0.25, 0.3) is 0 Å². The number of aromatic amines is 1. The van der Waals surface area contributed by atoms with Gasteiger partial charge in [0.1, 0.15) is 0 Å². The molecule has 1 aromatic rings. The molecule has 1 heterocycles. The van der Waals surface area contributed by atoms with Gasteiger partial charge < -0.3 is 9.88 Å². The van der Waals surface area contributed by atoms with E-state index in [0.717, 1.165) is 38.8 Å². The van der Waals surface area contributed by atoms with E-state index in [4.69, 9.17) is 0 Å². The summed E-state index contributed by atoms with van der Waals surface area (Å²) in [5.41, 5.74) is 0.377. The van der Waals surface area contributed by atoms with Gasteiger partial charge in [0.2, 0.25) is 5.56 Å². The molecule has 0 fully saturated rings. The molecule has 0 spiro atoms. The smallest absolute Gasteiger partial charge is 0.255 e. The van der Waals surface area contributed by atoms with E-state index in [1.165, 1.54) is 12.3 Å². The largest absolute Gasteiger partial charge is 0.339 e. The first kappa shape index (κ1) is 14.5. The Kier molecular flexibility index (Phi) is 6.19. The second-order valence-electron chi connectivity index (χ2n) is 4.44. The summed E-state index contributed by atoms with van der Waals surface area (Å²) in [5.74, 6) is 0.00755. The zero-order valence-corrected chi connectivity index (χ0v) is 11.2. The lowest BCUT2D eigenvalue weighted by Gasteiger charge is -2.22. The number of hydrogen-bond donors (Lipinski definition) is 1. The van der Waals surface area contributed by atoms with Crippen molar-refractivity contribution < 1.29 is 4.79 Å². The van der Waals surface area contributed by atoms with Gasteiger partial charge in [0.15, 0.2) is 0 Å². The molecule has 0 aliphatic carbocycles. The summed E-state index contributed by atoms with van der Waals surface area (Å²) in [4.78, 5) is 27.7. The lowest BCUT2D eigenvalue weighted by atomic mass is 10.2. The first-order chi connectivity index (χ1) is 8.69. The fraction of sp³-hybridized carbons (Fsp3) is 0.571. The van der Waals surface area contributed by atoms with E-state index in [2.05, 4.69) is 18.8 Å². The fourth-order valence-corrected chi connectivity index (χ4v) is 1.74. The van der Waals surface area contributed by atoms with Crippen molar-refractivity contribution in [3.05, 3.63) is 34.2 Å². The average molecular weight is 250 g/mol. The van der Waals surface area contributed by atoms with Crippen molar-refractivity contribution in [3.8, 4) is 0 Å². The predicted octanol–water partition coefficient (Wildman–Crippen LogP) is 2.42. The molecule has 1 aromatic heterocycles. The van der Waals surface area contributed by atoms with Crippen molar-refractivity contribution >= 4 is 5.91 Å². The summed E-state index contributed by atoms with van der Waals surface area (Å²) in [7, 11) is 0. The van der Waals surface area contributed by atoms with E-state index >= 15 is 0 Å². The third-order valence-corrected chi connectivity index (χ3v) is 2.88. The van der Waals surface area contributed by atoms with Crippen LogP contribution >= 0.6 is 0 Å². The number of nitrogens with one attached hydrogen (secondary N) is 1. The van der Waals surface area contributed by atoms with Crippen molar-refractivity contribution in [2.75, 3.05) is 13.1 Å². The summed E-state index contributed by atoms with van der Waals surface area (Å²) in [5, 5.41) is 0. The van der Waals surface area contributed by atoms with Gasteiger partial charge >= 0.3 is 0 Å². The van der Waals surface area contributed by atoms with Crippen LogP contribution in [0.4, 0.5) is 0 Å². The summed E-state index contributed by atoms with van der Waals surface area (Å²) in [6.07, 6.45) is 5.66. The number of aromatic nitrogens is 1. The normalized spacial score (nSPS) is 10.3. The molecule has 0 saturated carbocycles. The van der Waals surface area contributed by atoms with Crippen molar-refractivity contribution in [3.63, 3.8) is 0 Å². The molecule has 18 heavy (non-hydrogen) atoms. The Morgan fingerprint density at radius 2 is 1.78 bits per heavy atom. The fourth-order valence-electron chi connectivity index (χ4n) is 1.74. The molecule has 0 radical (unpaired) electrons. The first-order valence-electron chi connectivity index (χ1n) is 6.67. The Hall–Kier alpha value is -1.58. The van der Waals surface area contributed by atoms with Gasteiger partial charge in [0, 0.05) is 25.4 Å². The highest BCUT2D eigenvalue weighted by Crippen LogP contribution is 2.06. The van der Waals surface area contributed by atoms with E-state index in [9.17, 15) is 9.59 Å². The van der Waals surface area contributed by atoms with E-state index in [-0.39, 0.29) is 11.5 Å². The predicted molar refractivity (Wildman–Crippen MR) is 72.8 cm³/mol. The van der Waals surface area contributed by atoms with Gasteiger partial charge in [-0.05, 0) is 18.9 Å². The lowest BCUT2D eigenvalue weighted by molar-refractivity contribution is 0.0750. The minimum Gasteiger partial charge on any atom is -0.339 e. The monoisotopic (exact) mass is 250 g/mol. The highest BCUT2D eigenvalue weighted by Gasteiger charge is 2.14. The van der Waals surface area contributed by atoms with E-state index in [1.807, 2.05) is 4.90 Å². The standard InChI is InChI=1S/C14H22N2O2/c1-3-5-9-16(10-6-4-2)14(18)12-7-8-13(17)15-11-12/h7-8,11H,3-6,9-10H2,1-2H3,(H,15,17). The summed E-state index contributed by atoms with van der Waals surface area (Å²) in [6.45, 7) is 5.80. The van der Waals surface area contributed by atoms with Crippen molar-refractivity contribution in [2.24, 2.45) is 0 Å². The second kappa shape index (κ2) is 7.69. The van der Waals surface area contributed by atoms with Gasteiger partial charge in [0.05, 0.1) is 5.56 Å². The molecule has 0 aliphatic rings. The quantitative estimate of drug-likeness (QED) is 0.808. The molecule has 0 atom stereocenters. The Labute approximate surface area is 108 Å². The SMILES string of the molecule is CCCCN(CCCC)C(=O)c1ccc(=O)[nH]c1.